The summed E-state index contributed by atoms with van der Waals surface area (Å²) < 4.78 is 6.32. The zero-order valence-corrected chi connectivity index (χ0v) is 24.3. The molecule has 8 aromatic rings. The van der Waals surface area contributed by atoms with Crippen molar-refractivity contribution in [3.8, 4) is 22.3 Å². The number of Topliss-reactive ketones (excluding diaryl/α,β-unsaturated/α-hetero) is 2. The van der Waals surface area contributed by atoms with Crippen molar-refractivity contribution < 1.29 is 14.0 Å². The summed E-state index contributed by atoms with van der Waals surface area (Å²) in [5.74, 6) is -1.08. The number of benzene rings is 7. The fourth-order valence-electron chi connectivity index (χ4n) is 8.22. The largest absolute Gasteiger partial charge is 0.455 e. The van der Waals surface area contributed by atoms with Crippen LogP contribution >= 0.6 is 0 Å². The quantitative estimate of drug-likeness (QED) is 0.119. The lowest BCUT2D eigenvalue weighted by molar-refractivity contribution is -0.143. The first-order chi connectivity index (χ1) is 22.1. The van der Waals surface area contributed by atoms with E-state index in [1.807, 2.05) is 24.3 Å². The number of allylic oxidation sites excluding steroid dienone is 2. The standard InChI is InChI=1S/C42H26O3/c43-40-27-16-21-34(41(40)44)36(22-27)30-18-13-26-14-19-32-28(17-12-25-15-20-33(30)39(26)38(25)32)23-8-10-24(11-9-23)29-5-3-6-35-31-4-1-2-7-37(31)45-42(29)35/h1-21,27,34,36H,22H2. The van der Waals surface area contributed by atoms with Gasteiger partial charge in [0, 0.05) is 22.3 Å². The van der Waals surface area contributed by atoms with Gasteiger partial charge >= 0.3 is 0 Å². The zero-order chi connectivity index (χ0) is 29.8. The minimum absolute atomic E-state index is 0.0259. The summed E-state index contributed by atoms with van der Waals surface area (Å²) in [6, 6.07) is 41.1. The van der Waals surface area contributed by atoms with Crippen LogP contribution in [-0.2, 0) is 9.59 Å². The van der Waals surface area contributed by atoms with Gasteiger partial charge in [-0.15, -0.1) is 0 Å². The van der Waals surface area contributed by atoms with Crippen molar-refractivity contribution in [2.45, 2.75) is 12.3 Å². The summed E-state index contributed by atoms with van der Waals surface area (Å²) in [6.07, 6.45) is 4.61. The first-order valence-corrected chi connectivity index (χ1v) is 15.6. The highest BCUT2D eigenvalue weighted by Crippen LogP contribution is 2.47. The van der Waals surface area contributed by atoms with Crippen molar-refractivity contribution in [2.75, 3.05) is 0 Å². The first kappa shape index (κ1) is 24.9. The fourth-order valence-corrected chi connectivity index (χ4v) is 8.22. The van der Waals surface area contributed by atoms with E-state index in [0.717, 1.165) is 38.6 Å². The Morgan fingerprint density at radius 1 is 0.533 bits per heavy atom. The van der Waals surface area contributed by atoms with E-state index in [1.54, 1.807) is 0 Å². The van der Waals surface area contributed by atoms with E-state index in [-0.39, 0.29) is 29.3 Å². The third kappa shape index (κ3) is 3.41. The third-order valence-electron chi connectivity index (χ3n) is 10.4. The molecule has 1 fully saturated rings. The molecule has 3 heteroatoms. The maximum Gasteiger partial charge on any atom is 0.206 e. The van der Waals surface area contributed by atoms with E-state index in [4.69, 9.17) is 4.42 Å². The number of fused-ring (bicyclic) bond motifs is 5. The number of hydrogen-bond donors (Lipinski definition) is 0. The molecule has 3 atom stereocenters. The van der Waals surface area contributed by atoms with Crippen molar-refractivity contribution in [2.24, 2.45) is 11.8 Å². The number of furan rings is 1. The number of para-hydroxylation sites is 2. The van der Waals surface area contributed by atoms with Gasteiger partial charge in [-0.3, -0.25) is 9.59 Å². The van der Waals surface area contributed by atoms with Crippen LogP contribution in [0.25, 0.3) is 76.5 Å². The maximum absolute atomic E-state index is 12.9. The van der Waals surface area contributed by atoms with Crippen LogP contribution in [-0.4, -0.2) is 11.6 Å². The molecule has 2 bridgehead atoms. The number of rotatable bonds is 3. The summed E-state index contributed by atoms with van der Waals surface area (Å²) in [5, 5.41) is 9.54. The van der Waals surface area contributed by atoms with Gasteiger partial charge in [0.2, 0.25) is 11.6 Å². The number of ketones is 2. The second kappa shape index (κ2) is 8.99. The molecule has 212 valence electrons. The fraction of sp³-hybridized carbons (Fsp3) is 0.0952. The van der Waals surface area contributed by atoms with Gasteiger partial charge in [0.1, 0.15) is 11.2 Å². The summed E-state index contributed by atoms with van der Waals surface area (Å²) in [4.78, 5) is 25.3. The van der Waals surface area contributed by atoms with Gasteiger partial charge < -0.3 is 4.42 Å². The molecule has 7 aromatic carbocycles. The molecule has 1 saturated carbocycles. The minimum Gasteiger partial charge on any atom is -0.455 e. The predicted molar refractivity (Wildman–Crippen MR) is 182 cm³/mol. The van der Waals surface area contributed by atoms with E-state index in [0.29, 0.717) is 6.42 Å². The molecule has 0 saturated heterocycles. The molecule has 3 nitrogen and oxygen atoms in total. The number of hydrogen-bond acceptors (Lipinski definition) is 3. The van der Waals surface area contributed by atoms with Gasteiger partial charge in [-0.25, -0.2) is 0 Å². The molecule has 0 aliphatic heterocycles. The Bertz CT molecular complexity index is 2560. The Kier molecular flexibility index (Phi) is 4.97. The smallest absolute Gasteiger partial charge is 0.206 e. The summed E-state index contributed by atoms with van der Waals surface area (Å²) in [6.45, 7) is 0. The highest BCUT2D eigenvalue weighted by Gasteiger charge is 2.45. The van der Waals surface area contributed by atoms with Crippen molar-refractivity contribution in [1.82, 2.24) is 0 Å². The van der Waals surface area contributed by atoms with Crippen molar-refractivity contribution in [3.05, 3.63) is 133 Å². The van der Waals surface area contributed by atoms with E-state index in [1.165, 1.54) is 43.4 Å². The molecule has 0 N–H and O–H groups in total. The average molecular weight is 579 g/mol. The second-order valence-electron chi connectivity index (χ2n) is 12.6. The van der Waals surface area contributed by atoms with Crippen LogP contribution in [0.4, 0.5) is 0 Å². The SMILES string of the molecule is O=C1C(=O)C2C=CC1CC2c1ccc2ccc3c(-c4ccc(-c5cccc6c5oc5ccccc56)cc4)ccc4ccc1c2c43. The van der Waals surface area contributed by atoms with Crippen LogP contribution in [0.1, 0.15) is 17.9 Å². The van der Waals surface area contributed by atoms with Crippen LogP contribution in [0.2, 0.25) is 0 Å². The zero-order valence-electron chi connectivity index (χ0n) is 24.3. The number of carbonyl (C=O) groups excluding carboxylic acids is 2. The van der Waals surface area contributed by atoms with E-state index in [2.05, 4.69) is 103 Å². The van der Waals surface area contributed by atoms with Crippen LogP contribution < -0.4 is 0 Å². The van der Waals surface area contributed by atoms with Crippen molar-refractivity contribution in [3.63, 3.8) is 0 Å². The summed E-state index contributed by atoms with van der Waals surface area (Å²) in [7, 11) is 0. The van der Waals surface area contributed by atoms with Gasteiger partial charge in [0.25, 0.3) is 0 Å². The molecular formula is C42H26O3. The van der Waals surface area contributed by atoms with Gasteiger partial charge in [-0.1, -0.05) is 121 Å². The molecule has 0 spiro atoms. The molecule has 45 heavy (non-hydrogen) atoms. The minimum atomic E-state index is -0.361. The maximum atomic E-state index is 12.9. The lowest BCUT2D eigenvalue weighted by Crippen LogP contribution is -2.42. The molecule has 1 heterocycles. The van der Waals surface area contributed by atoms with Crippen LogP contribution in [0.3, 0.4) is 0 Å². The van der Waals surface area contributed by atoms with Gasteiger partial charge in [0.15, 0.2) is 0 Å². The van der Waals surface area contributed by atoms with E-state index >= 15 is 0 Å². The molecule has 0 amide bonds. The first-order valence-electron chi connectivity index (χ1n) is 15.6. The Hall–Kier alpha value is -5.54. The van der Waals surface area contributed by atoms with Crippen LogP contribution in [0.15, 0.2) is 132 Å². The Morgan fingerprint density at radius 3 is 2.04 bits per heavy atom. The average Bonchev–Trinajstić information content (AvgIpc) is 3.48. The third-order valence-corrected chi connectivity index (χ3v) is 10.4. The molecule has 1 aromatic heterocycles. The van der Waals surface area contributed by atoms with Gasteiger partial charge in [0.05, 0.1) is 5.92 Å². The number of carbonyl (C=O) groups is 2. The van der Waals surface area contributed by atoms with Crippen molar-refractivity contribution >= 4 is 65.8 Å². The van der Waals surface area contributed by atoms with Gasteiger partial charge in [-0.2, -0.15) is 0 Å². The van der Waals surface area contributed by atoms with Gasteiger partial charge in [-0.05, 0) is 73.0 Å². The highest BCUT2D eigenvalue weighted by atomic mass is 16.3. The van der Waals surface area contributed by atoms with E-state index in [9.17, 15) is 9.59 Å². The molecule has 3 unspecified atom stereocenters. The molecule has 11 rings (SSSR count). The van der Waals surface area contributed by atoms with Crippen LogP contribution in [0, 0.1) is 11.8 Å². The highest BCUT2D eigenvalue weighted by molar-refractivity contribution is 6.41. The monoisotopic (exact) mass is 578 g/mol. The normalized spacial score (nSPS) is 19.7. The molecule has 3 aliphatic rings. The Labute approximate surface area is 258 Å². The molecular weight excluding hydrogens is 552 g/mol. The second-order valence-corrected chi connectivity index (χ2v) is 12.6. The summed E-state index contributed by atoms with van der Waals surface area (Å²) >= 11 is 0. The van der Waals surface area contributed by atoms with E-state index < -0.39 is 0 Å². The van der Waals surface area contributed by atoms with Crippen molar-refractivity contribution in [1.29, 1.82) is 0 Å². The Balaban J connectivity index is 1.11. The lowest BCUT2D eigenvalue weighted by atomic mass is 9.64. The Morgan fingerprint density at radius 2 is 1.22 bits per heavy atom. The van der Waals surface area contributed by atoms with Crippen LogP contribution in [0.5, 0.6) is 0 Å². The molecule has 3 aliphatic carbocycles. The lowest BCUT2D eigenvalue weighted by Gasteiger charge is -2.36. The molecule has 0 radical (unpaired) electrons. The topological polar surface area (TPSA) is 47.3 Å². The predicted octanol–water partition coefficient (Wildman–Crippen LogP) is 10.2. The summed E-state index contributed by atoms with van der Waals surface area (Å²) in [5.41, 5.74) is 7.55.